The van der Waals surface area contributed by atoms with Crippen molar-refractivity contribution >= 4 is 41.7 Å². The molecule has 0 spiro atoms. The minimum Gasteiger partial charge on any atom is -0.481 e. The molecule has 14 heteroatoms. The molecule has 1 amide bonds. The standard InChI is InChI=1S/C21H32N6O.C6H8O7/c1-20(2)16(21(20,3)4)19(28)25-17-15-13-24-27(18(15)23-14-22-17)12-11-26-9-7-5-6-8-10-26;7-3-12-2-6(11,13-4-8)1-5(9)10/h13-14,16H,5-12H2,1-4H3,(H,22,23,25,28);3-4,11H,1-2H2,(H,9,10). The van der Waals surface area contributed by atoms with Crippen LogP contribution >= 0.6 is 0 Å². The maximum Gasteiger partial charge on any atom is 0.310 e. The largest absolute Gasteiger partial charge is 0.481 e. The number of anilines is 1. The van der Waals surface area contributed by atoms with Crippen LogP contribution in [0.15, 0.2) is 12.5 Å². The van der Waals surface area contributed by atoms with Crippen molar-refractivity contribution in [2.45, 2.75) is 72.1 Å². The highest BCUT2D eigenvalue weighted by atomic mass is 16.7. The van der Waals surface area contributed by atoms with Gasteiger partial charge in [0.1, 0.15) is 18.6 Å². The molecule has 2 aliphatic rings. The smallest absolute Gasteiger partial charge is 0.310 e. The molecule has 4 rings (SSSR count). The molecule has 14 nitrogen and oxygen atoms in total. The Labute approximate surface area is 238 Å². The van der Waals surface area contributed by atoms with E-state index in [1.807, 2.05) is 4.68 Å². The zero-order valence-corrected chi connectivity index (χ0v) is 24.0. The van der Waals surface area contributed by atoms with Crippen molar-refractivity contribution in [2.24, 2.45) is 16.7 Å². The molecule has 2 aromatic heterocycles. The van der Waals surface area contributed by atoms with Crippen molar-refractivity contribution in [3.05, 3.63) is 12.5 Å². The first kappa shape index (κ1) is 31.9. The van der Waals surface area contributed by atoms with Crippen LogP contribution < -0.4 is 5.32 Å². The third kappa shape index (κ3) is 7.76. The Morgan fingerprint density at radius 2 is 1.73 bits per heavy atom. The molecule has 0 bridgehead atoms. The lowest BCUT2D eigenvalue weighted by molar-refractivity contribution is -0.220. The third-order valence-electron chi connectivity index (χ3n) is 8.36. The van der Waals surface area contributed by atoms with E-state index in [1.165, 1.54) is 45.1 Å². The number of carbonyl (C=O) groups is 4. The molecule has 226 valence electrons. The first-order valence-electron chi connectivity index (χ1n) is 13.7. The van der Waals surface area contributed by atoms with Crippen LogP contribution in [0.5, 0.6) is 0 Å². The summed E-state index contributed by atoms with van der Waals surface area (Å²) >= 11 is 0. The van der Waals surface area contributed by atoms with E-state index in [4.69, 9.17) is 5.11 Å². The zero-order chi connectivity index (χ0) is 30.3. The number of aliphatic carboxylic acids is 1. The Bertz CT molecular complexity index is 1210. The van der Waals surface area contributed by atoms with Gasteiger partial charge in [0.15, 0.2) is 12.3 Å². The highest BCUT2D eigenvalue weighted by Gasteiger charge is 2.68. The number of aromatic nitrogens is 4. The van der Waals surface area contributed by atoms with E-state index in [9.17, 15) is 24.3 Å². The van der Waals surface area contributed by atoms with E-state index in [0.717, 1.165) is 24.1 Å². The number of nitrogens with zero attached hydrogens (tertiary/aromatic N) is 5. The van der Waals surface area contributed by atoms with Crippen LogP contribution in [-0.2, 0) is 35.2 Å². The second-order valence-corrected chi connectivity index (χ2v) is 11.6. The van der Waals surface area contributed by atoms with Gasteiger partial charge in [-0.2, -0.15) is 5.10 Å². The highest BCUT2D eigenvalue weighted by molar-refractivity contribution is 6.01. The number of carboxylic acids is 1. The van der Waals surface area contributed by atoms with Crippen LogP contribution in [0.25, 0.3) is 11.0 Å². The summed E-state index contributed by atoms with van der Waals surface area (Å²) in [4.78, 5) is 53.8. The second kappa shape index (κ2) is 13.3. The van der Waals surface area contributed by atoms with Gasteiger partial charge >= 0.3 is 5.97 Å². The molecule has 3 heterocycles. The Kier molecular flexibility index (Phi) is 10.4. The molecule has 1 saturated carbocycles. The van der Waals surface area contributed by atoms with Crippen molar-refractivity contribution in [2.75, 3.05) is 31.6 Å². The molecule has 1 atom stereocenters. The first-order valence-corrected chi connectivity index (χ1v) is 13.7. The number of ether oxygens (including phenoxy) is 2. The van der Waals surface area contributed by atoms with Gasteiger partial charge in [0.05, 0.1) is 18.1 Å². The number of fused-ring (bicyclic) bond motifs is 1. The van der Waals surface area contributed by atoms with Gasteiger partial charge in [0.25, 0.3) is 18.7 Å². The average Bonchev–Trinajstić information content (AvgIpc) is 3.18. The van der Waals surface area contributed by atoms with Gasteiger partial charge in [0.2, 0.25) is 5.91 Å². The molecule has 2 aromatic rings. The summed E-state index contributed by atoms with van der Waals surface area (Å²) in [5.41, 5.74) is 0.788. The molecule has 2 fully saturated rings. The summed E-state index contributed by atoms with van der Waals surface area (Å²) in [7, 11) is 0. The summed E-state index contributed by atoms with van der Waals surface area (Å²) in [6.07, 6.45) is 7.68. The highest BCUT2D eigenvalue weighted by Crippen LogP contribution is 2.68. The van der Waals surface area contributed by atoms with E-state index < -0.39 is 24.8 Å². The topological polar surface area (TPSA) is 186 Å². The quantitative estimate of drug-likeness (QED) is 0.246. The lowest BCUT2D eigenvalue weighted by Gasteiger charge is -2.22. The minimum absolute atomic E-state index is 0.000563. The number of hydrogen-bond acceptors (Lipinski definition) is 11. The number of nitrogens with one attached hydrogen (secondary N) is 1. The van der Waals surface area contributed by atoms with Gasteiger partial charge in [-0.15, -0.1) is 0 Å². The van der Waals surface area contributed by atoms with Crippen LogP contribution in [0.4, 0.5) is 5.82 Å². The van der Waals surface area contributed by atoms with Gasteiger partial charge in [-0.25, -0.2) is 14.6 Å². The Morgan fingerprint density at radius 1 is 1.07 bits per heavy atom. The number of hydrogen-bond donors (Lipinski definition) is 3. The Balaban J connectivity index is 0.000000302. The molecular weight excluding hydrogens is 536 g/mol. The Morgan fingerprint density at radius 3 is 2.29 bits per heavy atom. The number of rotatable bonds is 12. The summed E-state index contributed by atoms with van der Waals surface area (Å²) < 4.78 is 10.1. The van der Waals surface area contributed by atoms with Crippen molar-refractivity contribution in [3.8, 4) is 0 Å². The lowest BCUT2D eigenvalue weighted by Crippen LogP contribution is -2.39. The number of carbonyl (C=O) groups excluding carboxylic acids is 3. The maximum atomic E-state index is 12.8. The number of amides is 1. The van der Waals surface area contributed by atoms with Gasteiger partial charge in [0, 0.05) is 12.5 Å². The van der Waals surface area contributed by atoms with E-state index >= 15 is 0 Å². The monoisotopic (exact) mass is 576 g/mol. The molecule has 0 aromatic carbocycles. The van der Waals surface area contributed by atoms with Crippen LogP contribution in [0.1, 0.15) is 59.8 Å². The fraction of sp³-hybridized carbons (Fsp3) is 0.667. The van der Waals surface area contributed by atoms with Crippen LogP contribution in [0, 0.1) is 16.7 Å². The van der Waals surface area contributed by atoms with Crippen molar-refractivity contribution in [1.29, 1.82) is 0 Å². The molecule has 1 aliphatic heterocycles. The zero-order valence-electron chi connectivity index (χ0n) is 24.0. The van der Waals surface area contributed by atoms with E-state index in [0.29, 0.717) is 5.82 Å². The average molecular weight is 577 g/mol. The van der Waals surface area contributed by atoms with Gasteiger partial charge in [-0.1, -0.05) is 40.5 Å². The lowest BCUT2D eigenvalue weighted by atomic mass is 10.0. The molecule has 1 unspecified atom stereocenters. The van der Waals surface area contributed by atoms with Crippen LogP contribution in [0.3, 0.4) is 0 Å². The predicted molar refractivity (Wildman–Crippen MR) is 146 cm³/mol. The van der Waals surface area contributed by atoms with Crippen molar-refractivity contribution in [3.63, 3.8) is 0 Å². The number of aliphatic hydroxyl groups is 1. The van der Waals surface area contributed by atoms with Gasteiger partial charge in [-0.3, -0.25) is 19.2 Å². The SMILES string of the molecule is CC1(C)C(C(=O)Nc2ncnc3c2cnn3CCN2CCCCCC2)C1(C)C.O=COCC(O)(CC(=O)O)OC=O. The van der Waals surface area contributed by atoms with Crippen molar-refractivity contribution in [1.82, 2.24) is 24.6 Å². The first-order chi connectivity index (χ1) is 19.4. The van der Waals surface area contributed by atoms with E-state index in [-0.39, 0.29) is 35.6 Å². The second-order valence-electron chi connectivity index (χ2n) is 11.6. The predicted octanol–water partition coefficient (Wildman–Crippen LogP) is 1.82. The molecule has 41 heavy (non-hydrogen) atoms. The molecule has 1 saturated heterocycles. The fourth-order valence-corrected chi connectivity index (χ4v) is 5.41. The normalized spacial score (nSPS) is 19.5. The molecule has 0 radical (unpaired) electrons. The molecule has 1 aliphatic carbocycles. The molecule has 3 N–H and O–H groups in total. The minimum atomic E-state index is -2.30. The Hall–Kier alpha value is -3.65. The summed E-state index contributed by atoms with van der Waals surface area (Å²) in [5.74, 6) is -3.10. The summed E-state index contributed by atoms with van der Waals surface area (Å²) in [5, 5.41) is 25.8. The number of likely N-dealkylation sites (tertiary alicyclic amines) is 1. The third-order valence-corrected chi connectivity index (χ3v) is 8.36. The van der Waals surface area contributed by atoms with Gasteiger partial charge in [-0.05, 0) is 36.8 Å². The van der Waals surface area contributed by atoms with Crippen LogP contribution in [0.2, 0.25) is 0 Å². The summed E-state index contributed by atoms with van der Waals surface area (Å²) in [6, 6.07) is 0. The van der Waals surface area contributed by atoms with Crippen LogP contribution in [-0.4, -0.2) is 91.7 Å². The summed E-state index contributed by atoms with van der Waals surface area (Å²) in [6.45, 7) is 11.9. The van der Waals surface area contributed by atoms with Crippen molar-refractivity contribution < 1.29 is 38.9 Å². The van der Waals surface area contributed by atoms with E-state index in [2.05, 4.69) is 62.5 Å². The number of carboxylic acid groups (broad SMARTS) is 1. The maximum absolute atomic E-state index is 12.8. The fourth-order valence-electron chi connectivity index (χ4n) is 5.41. The van der Waals surface area contributed by atoms with E-state index in [1.54, 1.807) is 6.20 Å². The van der Waals surface area contributed by atoms with Gasteiger partial charge < -0.3 is 29.9 Å². The molecular formula is C27H40N6O8.